The standard InChI is InChI=1S/C14H21BrO/c1-5-10(2)12-7-6-11(8-13(12)15)14(3,4)9-16/h6-8,10,16H,5,9H2,1-4H3. The van der Waals surface area contributed by atoms with Crippen LogP contribution < -0.4 is 0 Å². The lowest BCUT2D eigenvalue weighted by Gasteiger charge is -2.24. The molecule has 1 aromatic carbocycles. The summed E-state index contributed by atoms with van der Waals surface area (Å²) < 4.78 is 1.15. The van der Waals surface area contributed by atoms with E-state index in [-0.39, 0.29) is 12.0 Å². The van der Waals surface area contributed by atoms with Crippen molar-refractivity contribution >= 4 is 15.9 Å². The van der Waals surface area contributed by atoms with E-state index in [1.54, 1.807) is 0 Å². The molecular weight excluding hydrogens is 264 g/mol. The minimum absolute atomic E-state index is 0.169. The third-order valence-electron chi connectivity index (χ3n) is 3.32. The summed E-state index contributed by atoms with van der Waals surface area (Å²) in [7, 11) is 0. The molecule has 0 amide bonds. The molecule has 0 aliphatic rings. The van der Waals surface area contributed by atoms with Crippen molar-refractivity contribution in [1.82, 2.24) is 0 Å². The van der Waals surface area contributed by atoms with Crippen molar-refractivity contribution in [3.8, 4) is 0 Å². The van der Waals surface area contributed by atoms with Gasteiger partial charge in [-0.2, -0.15) is 0 Å². The van der Waals surface area contributed by atoms with Gasteiger partial charge in [0.2, 0.25) is 0 Å². The molecule has 0 saturated carbocycles. The maximum absolute atomic E-state index is 9.35. The zero-order valence-corrected chi connectivity index (χ0v) is 12.1. The molecule has 1 nitrogen and oxygen atoms in total. The summed E-state index contributed by atoms with van der Waals surface area (Å²) in [5.74, 6) is 0.570. The molecule has 0 fully saturated rings. The molecule has 0 aliphatic carbocycles. The highest BCUT2D eigenvalue weighted by atomic mass is 79.9. The largest absolute Gasteiger partial charge is 0.395 e. The van der Waals surface area contributed by atoms with E-state index in [1.807, 2.05) is 0 Å². The van der Waals surface area contributed by atoms with E-state index >= 15 is 0 Å². The zero-order chi connectivity index (χ0) is 12.3. The maximum Gasteiger partial charge on any atom is 0.0522 e. The van der Waals surface area contributed by atoms with E-state index in [9.17, 15) is 5.11 Å². The molecule has 1 unspecified atom stereocenters. The number of hydrogen-bond acceptors (Lipinski definition) is 1. The highest BCUT2D eigenvalue weighted by molar-refractivity contribution is 9.10. The van der Waals surface area contributed by atoms with Gasteiger partial charge in [-0.3, -0.25) is 0 Å². The fraction of sp³-hybridized carbons (Fsp3) is 0.571. The van der Waals surface area contributed by atoms with Crippen LogP contribution in [0.25, 0.3) is 0 Å². The monoisotopic (exact) mass is 284 g/mol. The highest BCUT2D eigenvalue weighted by Gasteiger charge is 2.20. The lowest BCUT2D eigenvalue weighted by atomic mass is 9.84. The van der Waals surface area contributed by atoms with Crippen LogP contribution in [-0.4, -0.2) is 11.7 Å². The normalized spacial score (nSPS) is 13.9. The molecule has 90 valence electrons. The maximum atomic E-state index is 9.35. The second-order valence-corrected chi connectivity index (χ2v) is 5.94. The van der Waals surface area contributed by atoms with Gasteiger partial charge >= 0.3 is 0 Å². The molecule has 0 bridgehead atoms. The molecule has 1 N–H and O–H groups in total. The van der Waals surface area contributed by atoms with Gasteiger partial charge in [0.25, 0.3) is 0 Å². The van der Waals surface area contributed by atoms with Gasteiger partial charge in [-0.1, -0.05) is 55.8 Å². The van der Waals surface area contributed by atoms with Gasteiger partial charge in [0.15, 0.2) is 0 Å². The lowest BCUT2D eigenvalue weighted by Crippen LogP contribution is -2.22. The molecule has 1 aromatic rings. The van der Waals surface area contributed by atoms with Crippen LogP contribution in [0.5, 0.6) is 0 Å². The number of aliphatic hydroxyl groups excluding tert-OH is 1. The van der Waals surface area contributed by atoms with Crippen LogP contribution in [0.4, 0.5) is 0 Å². The quantitative estimate of drug-likeness (QED) is 0.877. The molecule has 0 aliphatic heterocycles. The van der Waals surface area contributed by atoms with Gasteiger partial charge in [0.1, 0.15) is 0 Å². The van der Waals surface area contributed by atoms with Gasteiger partial charge in [0.05, 0.1) is 6.61 Å². The Morgan fingerprint density at radius 1 is 1.38 bits per heavy atom. The van der Waals surface area contributed by atoms with Gasteiger partial charge in [-0.25, -0.2) is 0 Å². The van der Waals surface area contributed by atoms with E-state index in [1.165, 1.54) is 11.1 Å². The van der Waals surface area contributed by atoms with Gasteiger partial charge in [-0.15, -0.1) is 0 Å². The predicted octanol–water partition coefficient (Wildman–Crippen LogP) is 4.23. The fourth-order valence-corrected chi connectivity index (χ4v) is 2.43. The van der Waals surface area contributed by atoms with Crippen LogP contribution >= 0.6 is 15.9 Å². The van der Waals surface area contributed by atoms with Crippen molar-refractivity contribution < 1.29 is 5.11 Å². The van der Waals surface area contributed by atoms with Crippen LogP contribution in [0.1, 0.15) is 51.2 Å². The summed E-state index contributed by atoms with van der Waals surface area (Å²) in [4.78, 5) is 0. The lowest BCUT2D eigenvalue weighted by molar-refractivity contribution is 0.218. The zero-order valence-electron chi connectivity index (χ0n) is 10.5. The Labute approximate surface area is 107 Å². The first kappa shape index (κ1) is 13.7. The van der Waals surface area contributed by atoms with E-state index in [4.69, 9.17) is 0 Å². The number of halogens is 1. The van der Waals surface area contributed by atoms with Crippen LogP contribution in [-0.2, 0) is 5.41 Å². The predicted molar refractivity (Wildman–Crippen MR) is 73.0 cm³/mol. The SMILES string of the molecule is CCC(C)c1ccc(C(C)(C)CO)cc1Br. The minimum Gasteiger partial charge on any atom is -0.395 e. The van der Waals surface area contributed by atoms with Crippen molar-refractivity contribution in [1.29, 1.82) is 0 Å². The average Bonchev–Trinajstić information content (AvgIpc) is 2.28. The number of rotatable bonds is 4. The Morgan fingerprint density at radius 3 is 2.44 bits per heavy atom. The molecule has 0 heterocycles. The first-order chi connectivity index (χ1) is 7.42. The Kier molecular flexibility index (Phi) is 4.57. The summed E-state index contributed by atoms with van der Waals surface area (Å²) >= 11 is 3.63. The van der Waals surface area contributed by atoms with Crippen molar-refractivity contribution in [2.75, 3.05) is 6.61 Å². The molecule has 1 rings (SSSR count). The second-order valence-electron chi connectivity index (χ2n) is 5.09. The summed E-state index contributed by atoms with van der Waals surface area (Å²) in [6.45, 7) is 8.71. The van der Waals surface area contributed by atoms with E-state index < -0.39 is 0 Å². The molecule has 1 atom stereocenters. The van der Waals surface area contributed by atoms with E-state index in [0.29, 0.717) is 5.92 Å². The van der Waals surface area contributed by atoms with Gasteiger partial charge in [0, 0.05) is 9.89 Å². The second kappa shape index (κ2) is 5.33. The molecule has 0 saturated heterocycles. The average molecular weight is 285 g/mol. The Bertz CT molecular complexity index is 358. The van der Waals surface area contributed by atoms with Crippen molar-refractivity contribution in [2.45, 2.75) is 45.4 Å². The minimum atomic E-state index is -0.170. The highest BCUT2D eigenvalue weighted by Crippen LogP contribution is 2.32. The molecule has 0 aromatic heterocycles. The number of aliphatic hydroxyl groups is 1. The number of benzene rings is 1. The van der Waals surface area contributed by atoms with Crippen molar-refractivity contribution in [3.63, 3.8) is 0 Å². The third kappa shape index (κ3) is 2.86. The van der Waals surface area contributed by atoms with E-state index in [0.717, 1.165) is 10.9 Å². The van der Waals surface area contributed by atoms with Crippen LogP contribution in [0.3, 0.4) is 0 Å². The van der Waals surface area contributed by atoms with Crippen LogP contribution in [0, 0.1) is 0 Å². The first-order valence-corrected chi connectivity index (χ1v) is 6.62. The van der Waals surface area contributed by atoms with Crippen LogP contribution in [0.2, 0.25) is 0 Å². The topological polar surface area (TPSA) is 20.2 Å². The summed E-state index contributed by atoms with van der Waals surface area (Å²) in [5.41, 5.74) is 2.35. The van der Waals surface area contributed by atoms with Crippen molar-refractivity contribution in [3.05, 3.63) is 33.8 Å². The Morgan fingerprint density at radius 2 is 2.00 bits per heavy atom. The first-order valence-electron chi connectivity index (χ1n) is 5.83. The summed E-state index contributed by atoms with van der Waals surface area (Å²) in [6.07, 6.45) is 1.14. The van der Waals surface area contributed by atoms with Gasteiger partial charge in [-0.05, 0) is 29.5 Å². The molecular formula is C14H21BrO. The van der Waals surface area contributed by atoms with Gasteiger partial charge < -0.3 is 5.11 Å². The number of hydrogen-bond donors (Lipinski definition) is 1. The molecule has 0 spiro atoms. The fourth-order valence-electron chi connectivity index (χ4n) is 1.66. The smallest absolute Gasteiger partial charge is 0.0522 e. The van der Waals surface area contributed by atoms with Crippen molar-refractivity contribution in [2.24, 2.45) is 0 Å². The molecule has 16 heavy (non-hydrogen) atoms. The summed E-state index contributed by atoms with van der Waals surface area (Å²) in [6, 6.07) is 6.44. The Hall–Kier alpha value is -0.340. The molecule has 0 radical (unpaired) electrons. The van der Waals surface area contributed by atoms with E-state index in [2.05, 4.69) is 61.8 Å². The third-order valence-corrected chi connectivity index (χ3v) is 4.01. The molecule has 2 heteroatoms. The van der Waals surface area contributed by atoms with Crippen LogP contribution in [0.15, 0.2) is 22.7 Å². The Balaban J connectivity index is 3.09. The summed E-state index contributed by atoms with van der Waals surface area (Å²) in [5, 5.41) is 9.35.